The van der Waals surface area contributed by atoms with E-state index in [0.717, 1.165) is 26.7 Å². The molecular weight excluding hydrogens is 488 g/mol. The van der Waals surface area contributed by atoms with Crippen molar-refractivity contribution in [2.24, 2.45) is 0 Å². The molecule has 0 aliphatic rings. The molecule has 0 heterocycles. The van der Waals surface area contributed by atoms with Gasteiger partial charge >= 0.3 is 0 Å². The quantitative estimate of drug-likeness (QED) is 0.377. The molecule has 0 bridgehead atoms. The second-order valence-corrected chi connectivity index (χ2v) is 11.8. The summed E-state index contributed by atoms with van der Waals surface area (Å²) in [5.41, 5.74) is 3.06. The van der Waals surface area contributed by atoms with Gasteiger partial charge in [-0.3, -0.25) is 9.10 Å². The van der Waals surface area contributed by atoms with Crippen molar-refractivity contribution in [2.45, 2.75) is 44.9 Å². The Morgan fingerprint density at radius 1 is 0.919 bits per heavy atom. The molecule has 3 aromatic carbocycles. The average Bonchev–Trinajstić information content (AvgIpc) is 2.85. The highest BCUT2D eigenvalue weighted by Crippen LogP contribution is 2.33. The average molecular weight is 525 g/mol. The van der Waals surface area contributed by atoms with E-state index < -0.39 is 22.5 Å². The molecule has 0 atom stereocenters. The van der Waals surface area contributed by atoms with Gasteiger partial charge in [-0.15, -0.1) is 0 Å². The van der Waals surface area contributed by atoms with Crippen LogP contribution in [-0.4, -0.2) is 41.1 Å². The van der Waals surface area contributed by atoms with Crippen LogP contribution >= 0.6 is 0 Å². The summed E-state index contributed by atoms with van der Waals surface area (Å²) in [7, 11) is -2.58. The molecule has 0 saturated heterocycles. The maximum atomic E-state index is 13.7. The molecule has 1 amide bonds. The van der Waals surface area contributed by atoms with E-state index in [1.54, 1.807) is 36.4 Å². The molecular formula is C29H36N2O5S. The first kappa shape index (κ1) is 28.1. The van der Waals surface area contributed by atoms with E-state index in [2.05, 4.69) is 26.1 Å². The van der Waals surface area contributed by atoms with Gasteiger partial charge in [-0.05, 0) is 60.7 Å². The standard InChI is InChI=1S/C29H36N2O5S/c1-21-11-14-23(15-12-21)37(33,34)31(25-19-22(2)13-16-27(25)35-6)20-28(32)30-17-18-36-26-10-8-7-9-24(26)29(3,4)5/h7-16,19H,17-18,20H2,1-6H3,(H,30,32). The third kappa shape index (κ3) is 7.04. The second kappa shape index (κ2) is 11.7. The van der Waals surface area contributed by atoms with Crippen molar-refractivity contribution < 1.29 is 22.7 Å². The van der Waals surface area contributed by atoms with E-state index in [1.807, 2.05) is 44.2 Å². The lowest BCUT2D eigenvalue weighted by Crippen LogP contribution is -2.42. The Morgan fingerprint density at radius 3 is 2.22 bits per heavy atom. The number of ether oxygens (including phenoxy) is 2. The Kier molecular flexibility index (Phi) is 8.86. The number of sulfonamides is 1. The van der Waals surface area contributed by atoms with E-state index >= 15 is 0 Å². The summed E-state index contributed by atoms with van der Waals surface area (Å²) >= 11 is 0. The summed E-state index contributed by atoms with van der Waals surface area (Å²) < 4.78 is 39.8. The Morgan fingerprint density at radius 2 is 1.57 bits per heavy atom. The highest BCUT2D eigenvalue weighted by molar-refractivity contribution is 7.92. The smallest absolute Gasteiger partial charge is 0.264 e. The third-order valence-corrected chi connectivity index (χ3v) is 7.65. The number of nitrogens with one attached hydrogen (secondary N) is 1. The summed E-state index contributed by atoms with van der Waals surface area (Å²) in [5.74, 6) is 0.667. The number of rotatable bonds is 10. The lowest BCUT2D eigenvalue weighted by Gasteiger charge is -2.26. The van der Waals surface area contributed by atoms with Crippen molar-refractivity contribution in [3.05, 3.63) is 83.4 Å². The zero-order valence-electron chi connectivity index (χ0n) is 22.4. The van der Waals surface area contributed by atoms with Crippen LogP contribution in [0.25, 0.3) is 0 Å². The SMILES string of the molecule is COc1ccc(C)cc1N(CC(=O)NCCOc1ccccc1C(C)(C)C)S(=O)(=O)c1ccc(C)cc1. The molecule has 0 spiro atoms. The van der Waals surface area contributed by atoms with Crippen LogP contribution < -0.4 is 19.1 Å². The third-order valence-electron chi connectivity index (χ3n) is 5.88. The second-order valence-electron chi connectivity index (χ2n) is 9.94. The van der Waals surface area contributed by atoms with Crippen LogP contribution in [0.1, 0.15) is 37.5 Å². The monoisotopic (exact) mass is 524 g/mol. The van der Waals surface area contributed by atoms with Crippen molar-refractivity contribution in [1.29, 1.82) is 0 Å². The van der Waals surface area contributed by atoms with Crippen LogP contribution in [-0.2, 0) is 20.2 Å². The van der Waals surface area contributed by atoms with Crippen molar-refractivity contribution in [1.82, 2.24) is 5.32 Å². The fraction of sp³-hybridized carbons (Fsp3) is 0.345. The van der Waals surface area contributed by atoms with Gasteiger partial charge in [-0.2, -0.15) is 0 Å². The number of para-hydroxylation sites is 1. The predicted molar refractivity (Wildman–Crippen MR) is 147 cm³/mol. The fourth-order valence-corrected chi connectivity index (χ4v) is 5.31. The number of hydrogen-bond acceptors (Lipinski definition) is 5. The summed E-state index contributed by atoms with van der Waals surface area (Å²) in [5, 5.41) is 2.79. The largest absolute Gasteiger partial charge is 0.495 e. The van der Waals surface area contributed by atoms with Gasteiger partial charge in [0.05, 0.1) is 24.2 Å². The highest BCUT2D eigenvalue weighted by atomic mass is 32.2. The van der Waals surface area contributed by atoms with Crippen LogP contribution in [0.5, 0.6) is 11.5 Å². The van der Waals surface area contributed by atoms with E-state index in [1.165, 1.54) is 7.11 Å². The van der Waals surface area contributed by atoms with Crippen LogP contribution in [0, 0.1) is 13.8 Å². The van der Waals surface area contributed by atoms with Crippen molar-refractivity contribution in [2.75, 3.05) is 31.1 Å². The van der Waals surface area contributed by atoms with E-state index in [4.69, 9.17) is 9.47 Å². The van der Waals surface area contributed by atoms with E-state index in [0.29, 0.717) is 11.4 Å². The number of anilines is 1. The number of hydrogen-bond donors (Lipinski definition) is 1. The molecule has 3 aromatic rings. The van der Waals surface area contributed by atoms with Gasteiger partial charge < -0.3 is 14.8 Å². The Labute approximate surface area is 220 Å². The number of amides is 1. The normalized spacial score (nSPS) is 11.6. The van der Waals surface area contributed by atoms with Crippen molar-refractivity contribution in [3.8, 4) is 11.5 Å². The molecule has 0 unspecified atom stereocenters. The molecule has 0 fully saturated rings. The van der Waals surface area contributed by atoms with Gasteiger partial charge in [0, 0.05) is 0 Å². The number of methoxy groups -OCH3 is 1. The molecule has 8 heteroatoms. The number of aryl methyl sites for hydroxylation is 2. The van der Waals surface area contributed by atoms with Crippen LogP contribution in [0.15, 0.2) is 71.6 Å². The number of carbonyl (C=O) groups excluding carboxylic acids is 1. The Bertz CT molecular complexity index is 1330. The minimum atomic E-state index is -4.05. The van der Waals surface area contributed by atoms with Crippen molar-refractivity contribution in [3.63, 3.8) is 0 Å². The minimum absolute atomic E-state index is 0.0858. The Hall–Kier alpha value is -3.52. The first-order valence-electron chi connectivity index (χ1n) is 12.2. The summed E-state index contributed by atoms with van der Waals surface area (Å²) in [6.45, 7) is 10.1. The molecule has 1 N–H and O–H groups in total. The molecule has 198 valence electrons. The van der Waals surface area contributed by atoms with Crippen LogP contribution in [0.2, 0.25) is 0 Å². The first-order chi connectivity index (χ1) is 17.4. The molecule has 7 nitrogen and oxygen atoms in total. The van der Waals surface area contributed by atoms with Gasteiger partial charge in [0.2, 0.25) is 5.91 Å². The van der Waals surface area contributed by atoms with E-state index in [-0.39, 0.29) is 23.5 Å². The highest BCUT2D eigenvalue weighted by Gasteiger charge is 2.29. The molecule has 37 heavy (non-hydrogen) atoms. The number of benzene rings is 3. The summed E-state index contributed by atoms with van der Waals surface area (Å²) in [4.78, 5) is 13.1. The van der Waals surface area contributed by atoms with Crippen LogP contribution in [0.3, 0.4) is 0 Å². The molecule has 0 aliphatic heterocycles. The number of nitrogens with zero attached hydrogens (tertiary/aromatic N) is 1. The van der Waals surface area contributed by atoms with Gasteiger partial charge in [0.1, 0.15) is 24.7 Å². The lowest BCUT2D eigenvalue weighted by atomic mass is 9.86. The first-order valence-corrected chi connectivity index (χ1v) is 13.6. The lowest BCUT2D eigenvalue weighted by molar-refractivity contribution is -0.119. The van der Waals surface area contributed by atoms with Gasteiger partial charge in [-0.25, -0.2) is 8.42 Å². The molecule has 0 aromatic heterocycles. The zero-order chi connectivity index (χ0) is 27.2. The molecule has 0 saturated carbocycles. The number of carbonyl (C=O) groups is 1. The van der Waals surface area contributed by atoms with Crippen LogP contribution in [0.4, 0.5) is 5.69 Å². The topological polar surface area (TPSA) is 84.9 Å². The van der Waals surface area contributed by atoms with Crippen molar-refractivity contribution >= 4 is 21.6 Å². The summed E-state index contributed by atoms with van der Waals surface area (Å²) in [6.07, 6.45) is 0. The van der Waals surface area contributed by atoms with Gasteiger partial charge in [0.25, 0.3) is 10.0 Å². The zero-order valence-corrected chi connectivity index (χ0v) is 23.2. The predicted octanol–water partition coefficient (Wildman–Crippen LogP) is 5.00. The molecule has 0 radical (unpaired) electrons. The molecule has 0 aliphatic carbocycles. The van der Waals surface area contributed by atoms with Gasteiger partial charge in [0.15, 0.2) is 0 Å². The Balaban J connectivity index is 1.78. The van der Waals surface area contributed by atoms with E-state index in [9.17, 15) is 13.2 Å². The summed E-state index contributed by atoms with van der Waals surface area (Å²) in [6, 6.07) is 19.6. The van der Waals surface area contributed by atoms with Gasteiger partial charge in [-0.1, -0.05) is 62.7 Å². The maximum Gasteiger partial charge on any atom is 0.264 e. The molecule has 3 rings (SSSR count). The maximum absolute atomic E-state index is 13.7. The fourth-order valence-electron chi connectivity index (χ4n) is 3.88. The minimum Gasteiger partial charge on any atom is -0.495 e.